The number of aryl methyl sites for hydroxylation is 1. The topological polar surface area (TPSA) is 22.2 Å². The van der Waals surface area contributed by atoms with Crippen LogP contribution in [-0.4, -0.2) is 14.0 Å². The minimum Gasteiger partial charge on any atom is -0.350 e. The van der Waals surface area contributed by atoms with Crippen molar-refractivity contribution in [1.29, 1.82) is 0 Å². The summed E-state index contributed by atoms with van der Waals surface area (Å²) in [7, 11) is 2.10. The number of pyridine rings is 2. The van der Waals surface area contributed by atoms with Gasteiger partial charge in [0.1, 0.15) is 0 Å². The van der Waals surface area contributed by atoms with Gasteiger partial charge in [0, 0.05) is 46.5 Å². The highest BCUT2D eigenvalue weighted by molar-refractivity contribution is 6.16. The van der Waals surface area contributed by atoms with Crippen LogP contribution < -0.4 is 0 Å². The van der Waals surface area contributed by atoms with Crippen LogP contribution in [-0.2, 0) is 7.05 Å². The molecule has 0 aliphatic rings. The highest BCUT2D eigenvalue weighted by atomic mass is 14.9. The second kappa shape index (κ2) is 4.39. The van der Waals surface area contributed by atoms with Gasteiger partial charge in [0.05, 0.1) is 22.1 Å². The summed E-state index contributed by atoms with van der Waals surface area (Å²) < 4.78 is 4.53. The molecule has 3 heteroatoms. The van der Waals surface area contributed by atoms with Crippen LogP contribution in [0.3, 0.4) is 0 Å². The third-order valence-corrected chi connectivity index (χ3v) is 5.29. The molecule has 25 heavy (non-hydrogen) atoms. The Morgan fingerprint density at radius 2 is 1.60 bits per heavy atom. The summed E-state index contributed by atoms with van der Waals surface area (Å²) in [6.07, 6.45) is 4.00. The molecule has 118 valence electrons. The van der Waals surface area contributed by atoms with E-state index in [9.17, 15) is 0 Å². The zero-order valence-corrected chi connectivity index (χ0v) is 13.8. The molecule has 0 fully saturated rings. The van der Waals surface area contributed by atoms with Gasteiger partial charge in [-0.3, -0.25) is 4.98 Å². The van der Waals surface area contributed by atoms with Gasteiger partial charge >= 0.3 is 0 Å². The Bertz CT molecular complexity index is 1450. The van der Waals surface area contributed by atoms with Crippen LogP contribution in [0.2, 0.25) is 0 Å². The lowest BCUT2D eigenvalue weighted by molar-refractivity contribution is 0.969. The summed E-state index contributed by atoms with van der Waals surface area (Å²) in [4.78, 5) is 4.71. The molecular formula is C22H15N3. The first-order chi connectivity index (χ1) is 12.3. The second-order valence-corrected chi connectivity index (χ2v) is 6.68. The quantitative estimate of drug-likeness (QED) is 0.349. The Morgan fingerprint density at radius 3 is 2.56 bits per heavy atom. The first-order valence-electron chi connectivity index (χ1n) is 8.47. The maximum Gasteiger partial charge on any atom is 0.0949 e. The van der Waals surface area contributed by atoms with Gasteiger partial charge in [0.15, 0.2) is 0 Å². The molecule has 6 rings (SSSR count). The number of rotatable bonds is 0. The van der Waals surface area contributed by atoms with Crippen LogP contribution in [0, 0.1) is 0 Å². The van der Waals surface area contributed by atoms with Crippen LogP contribution in [0.25, 0.3) is 49.1 Å². The number of aromatic nitrogens is 3. The third-order valence-electron chi connectivity index (χ3n) is 5.29. The molecule has 0 N–H and O–H groups in total. The molecule has 4 heterocycles. The normalized spacial score (nSPS) is 12.2. The largest absolute Gasteiger partial charge is 0.350 e. The average molecular weight is 321 g/mol. The number of benzene rings is 2. The van der Waals surface area contributed by atoms with Crippen LogP contribution in [0.15, 0.2) is 73.1 Å². The fraction of sp³-hybridized carbons (Fsp3) is 0.0455. The van der Waals surface area contributed by atoms with E-state index >= 15 is 0 Å². The molecule has 0 bridgehead atoms. The van der Waals surface area contributed by atoms with Crippen molar-refractivity contribution < 1.29 is 0 Å². The molecule has 2 aromatic carbocycles. The summed E-state index contributed by atoms with van der Waals surface area (Å²) in [5, 5.41) is 4.96. The molecule has 0 atom stereocenters. The smallest absolute Gasteiger partial charge is 0.0949 e. The fourth-order valence-corrected chi connectivity index (χ4v) is 4.12. The molecular weight excluding hydrogens is 306 g/mol. The SMILES string of the molecule is Cn1ccc2cc3c4cccnc4c4cc5ccccc5n4c3cc21. The van der Waals surface area contributed by atoms with Crippen LogP contribution in [0.4, 0.5) is 0 Å². The lowest BCUT2D eigenvalue weighted by Crippen LogP contribution is -1.93. The fourth-order valence-electron chi connectivity index (χ4n) is 4.12. The van der Waals surface area contributed by atoms with Gasteiger partial charge in [-0.2, -0.15) is 0 Å². The molecule has 0 saturated heterocycles. The standard InChI is InChI=1S/C22H15N3/c1-24-10-8-15-11-17-16-6-4-9-23-22(16)21-12-14-5-2-3-7-18(14)25(21)20(17)13-19(15)24/h2-13H,1H3. The van der Waals surface area contributed by atoms with Crippen LogP contribution in [0.1, 0.15) is 0 Å². The number of hydrogen-bond donors (Lipinski definition) is 0. The van der Waals surface area contributed by atoms with Crippen LogP contribution >= 0.6 is 0 Å². The predicted molar refractivity (Wildman–Crippen MR) is 104 cm³/mol. The molecule has 0 spiro atoms. The van der Waals surface area contributed by atoms with Crippen molar-refractivity contribution in [2.45, 2.75) is 0 Å². The number of nitrogens with zero attached hydrogens (tertiary/aromatic N) is 3. The van der Waals surface area contributed by atoms with Gasteiger partial charge in [-0.1, -0.05) is 24.3 Å². The number of hydrogen-bond acceptors (Lipinski definition) is 1. The average Bonchev–Trinajstić information content (AvgIpc) is 3.22. The van der Waals surface area contributed by atoms with E-state index in [2.05, 4.69) is 76.8 Å². The summed E-state index contributed by atoms with van der Waals surface area (Å²) in [5.41, 5.74) is 5.92. The summed E-state index contributed by atoms with van der Waals surface area (Å²) in [6.45, 7) is 0. The van der Waals surface area contributed by atoms with Crippen molar-refractivity contribution in [1.82, 2.24) is 14.0 Å². The first-order valence-corrected chi connectivity index (χ1v) is 8.47. The molecule has 0 radical (unpaired) electrons. The maximum atomic E-state index is 4.71. The summed E-state index contributed by atoms with van der Waals surface area (Å²) >= 11 is 0. The maximum absolute atomic E-state index is 4.71. The Kier molecular flexibility index (Phi) is 2.29. The number of para-hydroxylation sites is 1. The molecule has 0 aliphatic heterocycles. The van der Waals surface area contributed by atoms with E-state index in [1.165, 1.54) is 38.1 Å². The summed E-state index contributed by atoms with van der Waals surface area (Å²) in [5.74, 6) is 0. The third kappa shape index (κ3) is 1.57. The molecule has 0 unspecified atom stereocenters. The van der Waals surface area contributed by atoms with E-state index in [-0.39, 0.29) is 0 Å². The Balaban J connectivity index is 2.04. The molecule has 4 aromatic heterocycles. The lowest BCUT2D eigenvalue weighted by atomic mass is 10.1. The van der Waals surface area contributed by atoms with Crippen molar-refractivity contribution in [3.8, 4) is 0 Å². The predicted octanol–water partition coefficient (Wildman–Crippen LogP) is 5.29. The van der Waals surface area contributed by atoms with Gasteiger partial charge in [-0.05, 0) is 36.4 Å². The molecule has 0 aliphatic carbocycles. The Labute approximate surface area is 143 Å². The van der Waals surface area contributed by atoms with Gasteiger partial charge in [-0.15, -0.1) is 0 Å². The Hall–Kier alpha value is -3.33. The van der Waals surface area contributed by atoms with E-state index in [1.54, 1.807) is 0 Å². The highest BCUT2D eigenvalue weighted by Gasteiger charge is 2.14. The Morgan fingerprint density at radius 1 is 0.720 bits per heavy atom. The van der Waals surface area contributed by atoms with E-state index in [4.69, 9.17) is 4.98 Å². The van der Waals surface area contributed by atoms with E-state index in [0.717, 1.165) is 11.0 Å². The van der Waals surface area contributed by atoms with Gasteiger partial charge in [0.2, 0.25) is 0 Å². The molecule has 0 amide bonds. The molecule has 6 aromatic rings. The minimum atomic E-state index is 1.06. The summed E-state index contributed by atoms with van der Waals surface area (Å²) in [6, 6.07) is 21.8. The molecule has 3 nitrogen and oxygen atoms in total. The van der Waals surface area contributed by atoms with E-state index < -0.39 is 0 Å². The van der Waals surface area contributed by atoms with Crippen molar-refractivity contribution in [3.63, 3.8) is 0 Å². The minimum absolute atomic E-state index is 1.06. The zero-order valence-electron chi connectivity index (χ0n) is 13.8. The van der Waals surface area contributed by atoms with Gasteiger partial charge < -0.3 is 8.97 Å². The van der Waals surface area contributed by atoms with E-state index in [0.29, 0.717) is 0 Å². The highest BCUT2D eigenvalue weighted by Crippen LogP contribution is 2.35. The van der Waals surface area contributed by atoms with Gasteiger partial charge in [-0.25, -0.2) is 0 Å². The second-order valence-electron chi connectivity index (χ2n) is 6.68. The number of fused-ring (bicyclic) bond motifs is 9. The lowest BCUT2D eigenvalue weighted by Gasteiger charge is -2.10. The molecule has 0 saturated carbocycles. The van der Waals surface area contributed by atoms with Crippen molar-refractivity contribution in [3.05, 3.63) is 73.1 Å². The van der Waals surface area contributed by atoms with Crippen LogP contribution in [0.5, 0.6) is 0 Å². The monoisotopic (exact) mass is 321 g/mol. The van der Waals surface area contributed by atoms with Crippen molar-refractivity contribution >= 4 is 49.1 Å². The zero-order chi connectivity index (χ0) is 16.5. The first kappa shape index (κ1) is 13.0. The van der Waals surface area contributed by atoms with Crippen molar-refractivity contribution in [2.75, 3.05) is 0 Å². The van der Waals surface area contributed by atoms with E-state index in [1.807, 2.05) is 12.3 Å². The van der Waals surface area contributed by atoms with Crippen molar-refractivity contribution in [2.24, 2.45) is 7.05 Å². The van der Waals surface area contributed by atoms with Gasteiger partial charge in [0.25, 0.3) is 0 Å².